The van der Waals surface area contributed by atoms with Crippen LogP contribution in [0.15, 0.2) is 66.0 Å². The van der Waals surface area contributed by atoms with Crippen LogP contribution in [0.3, 0.4) is 0 Å². The molecule has 4 heterocycles. The smallest absolute Gasteiger partial charge is 0.229 e. The maximum Gasteiger partial charge on any atom is 0.229 e. The molecule has 2 aliphatic heterocycles. The third-order valence-corrected chi connectivity index (χ3v) is 7.84. The average Bonchev–Trinajstić information content (AvgIpc) is 3.65. The molecule has 8 heteroatoms. The van der Waals surface area contributed by atoms with Gasteiger partial charge in [0.25, 0.3) is 0 Å². The number of nitrogens with one attached hydrogen (secondary N) is 1. The molecule has 2 aromatic carbocycles. The molecule has 180 valence electrons. The van der Waals surface area contributed by atoms with Crippen LogP contribution in [-0.2, 0) is 4.84 Å². The molecule has 0 saturated carbocycles. The number of likely N-dealkylation sites (N-methyl/N-ethyl adjacent to an activating group) is 1. The fraction of sp³-hybridized carbons (Fsp3) is 0.333. The summed E-state index contributed by atoms with van der Waals surface area (Å²) in [4.78, 5) is 20.6. The molecule has 2 aromatic heterocycles. The SMILES string of the molecule is CN(C)[C@@H]1CCN(c2cccc(Nc3nc(N4OCC[C@H]4c4ccccc4)c4sccc4n3)c2)C1. The van der Waals surface area contributed by atoms with Gasteiger partial charge < -0.3 is 15.1 Å². The molecule has 0 spiro atoms. The second-order valence-electron chi connectivity index (χ2n) is 9.41. The highest BCUT2D eigenvalue weighted by Crippen LogP contribution is 2.39. The van der Waals surface area contributed by atoms with Gasteiger partial charge in [-0.05, 0) is 55.7 Å². The zero-order chi connectivity index (χ0) is 23.8. The van der Waals surface area contributed by atoms with Gasteiger partial charge in [0.15, 0.2) is 5.82 Å². The number of rotatable bonds is 6. The van der Waals surface area contributed by atoms with E-state index in [0.717, 1.165) is 41.2 Å². The third-order valence-electron chi connectivity index (χ3n) is 6.94. The Labute approximate surface area is 209 Å². The van der Waals surface area contributed by atoms with Crippen LogP contribution in [0.5, 0.6) is 0 Å². The lowest BCUT2D eigenvalue weighted by atomic mass is 10.0. The first kappa shape index (κ1) is 22.3. The van der Waals surface area contributed by atoms with E-state index >= 15 is 0 Å². The number of anilines is 4. The number of nitrogens with zero attached hydrogens (tertiary/aromatic N) is 5. The second kappa shape index (κ2) is 9.45. The van der Waals surface area contributed by atoms with Gasteiger partial charge in [0, 0.05) is 36.9 Å². The Morgan fingerprint density at radius 3 is 2.74 bits per heavy atom. The molecule has 2 aliphatic rings. The van der Waals surface area contributed by atoms with Gasteiger partial charge in [-0.15, -0.1) is 11.3 Å². The van der Waals surface area contributed by atoms with Crippen LogP contribution >= 0.6 is 11.3 Å². The minimum atomic E-state index is 0.132. The van der Waals surface area contributed by atoms with Crippen LogP contribution in [0.1, 0.15) is 24.4 Å². The summed E-state index contributed by atoms with van der Waals surface area (Å²) in [5.74, 6) is 1.40. The molecule has 2 fully saturated rings. The second-order valence-corrected chi connectivity index (χ2v) is 10.3. The molecule has 0 unspecified atom stereocenters. The molecular weight excluding hydrogens is 456 g/mol. The van der Waals surface area contributed by atoms with Gasteiger partial charge in [-0.1, -0.05) is 36.4 Å². The van der Waals surface area contributed by atoms with Crippen LogP contribution in [0.25, 0.3) is 10.2 Å². The number of hydrogen-bond donors (Lipinski definition) is 1. The Hall–Kier alpha value is -3.20. The van der Waals surface area contributed by atoms with E-state index in [0.29, 0.717) is 18.6 Å². The average molecular weight is 487 g/mol. The predicted octanol–water partition coefficient (Wildman–Crippen LogP) is 5.46. The summed E-state index contributed by atoms with van der Waals surface area (Å²) in [5, 5.41) is 7.51. The van der Waals surface area contributed by atoms with Gasteiger partial charge in [0.2, 0.25) is 5.95 Å². The molecule has 0 radical (unpaired) electrons. The lowest BCUT2D eigenvalue weighted by Crippen LogP contribution is -2.31. The van der Waals surface area contributed by atoms with E-state index in [2.05, 4.69) is 83.1 Å². The van der Waals surface area contributed by atoms with Crippen LogP contribution in [0.2, 0.25) is 0 Å². The number of aromatic nitrogens is 2. The van der Waals surface area contributed by atoms with Gasteiger partial charge in [0.05, 0.1) is 22.9 Å². The molecule has 2 saturated heterocycles. The summed E-state index contributed by atoms with van der Waals surface area (Å²) < 4.78 is 1.04. The van der Waals surface area contributed by atoms with Crippen molar-refractivity contribution >= 4 is 44.7 Å². The molecule has 6 rings (SSSR count). The lowest BCUT2D eigenvalue weighted by molar-refractivity contribution is 0.157. The number of hydroxylamine groups is 1. The Morgan fingerprint density at radius 1 is 1.03 bits per heavy atom. The van der Waals surface area contributed by atoms with Crippen molar-refractivity contribution in [3.8, 4) is 0 Å². The lowest BCUT2D eigenvalue weighted by Gasteiger charge is -2.24. The van der Waals surface area contributed by atoms with Crippen molar-refractivity contribution in [3.63, 3.8) is 0 Å². The minimum absolute atomic E-state index is 0.132. The Balaban J connectivity index is 1.29. The topological polar surface area (TPSA) is 56.8 Å². The molecule has 7 nitrogen and oxygen atoms in total. The minimum Gasteiger partial charge on any atom is -0.370 e. The summed E-state index contributed by atoms with van der Waals surface area (Å²) in [5.41, 5.74) is 4.37. The van der Waals surface area contributed by atoms with Crippen LogP contribution in [0.4, 0.5) is 23.1 Å². The van der Waals surface area contributed by atoms with Crippen molar-refractivity contribution in [2.75, 3.05) is 49.1 Å². The predicted molar refractivity (Wildman–Crippen MR) is 144 cm³/mol. The standard InChI is InChI=1S/C27H30N6OS/c1-31(2)22-11-14-32(18-22)21-10-6-9-20(17-21)28-27-29-23-13-16-35-25(23)26(30-27)33-24(12-15-34-33)19-7-4-3-5-8-19/h3-10,13,16-17,22,24H,11-12,14-15,18H2,1-2H3,(H,28,29,30)/t22-,24+/m1/s1. The normalized spacial score (nSPS) is 20.3. The molecule has 2 atom stereocenters. The Kier molecular flexibility index (Phi) is 6.01. The molecule has 0 bridgehead atoms. The molecule has 0 amide bonds. The van der Waals surface area contributed by atoms with E-state index in [1.165, 1.54) is 17.7 Å². The van der Waals surface area contributed by atoms with Gasteiger partial charge in [-0.25, -0.2) is 10.0 Å². The van der Waals surface area contributed by atoms with Gasteiger partial charge >= 0.3 is 0 Å². The Morgan fingerprint density at radius 2 is 1.91 bits per heavy atom. The zero-order valence-corrected chi connectivity index (χ0v) is 20.9. The summed E-state index contributed by atoms with van der Waals surface area (Å²) in [6, 6.07) is 21.8. The van der Waals surface area contributed by atoms with Crippen molar-refractivity contribution < 1.29 is 4.84 Å². The van der Waals surface area contributed by atoms with E-state index in [1.54, 1.807) is 11.3 Å². The highest BCUT2D eigenvalue weighted by atomic mass is 32.1. The number of fused-ring (bicyclic) bond motifs is 1. The zero-order valence-electron chi connectivity index (χ0n) is 20.1. The maximum absolute atomic E-state index is 6.12. The number of hydrogen-bond acceptors (Lipinski definition) is 8. The first-order valence-electron chi connectivity index (χ1n) is 12.2. The van der Waals surface area contributed by atoms with Crippen LogP contribution in [0, 0.1) is 0 Å². The molecule has 4 aromatic rings. The van der Waals surface area contributed by atoms with Gasteiger partial charge in [-0.3, -0.25) is 4.84 Å². The monoisotopic (exact) mass is 486 g/mol. The quantitative estimate of drug-likeness (QED) is 0.388. The molecule has 0 aliphatic carbocycles. The third kappa shape index (κ3) is 4.45. The van der Waals surface area contributed by atoms with Crippen molar-refractivity contribution in [1.29, 1.82) is 0 Å². The van der Waals surface area contributed by atoms with E-state index < -0.39 is 0 Å². The summed E-state index contributed by atoms with van der Waals surface area (Å²) in [6.07, 6.45) is 2.11. The van der Waals surface area contributed by atoms with Gasteiger partial charge in [0.1, 0.15) is 0 Å². The van der Waals surface area contributed by atoms with E-state index in [-0.39, 0.29) is 6.04 Å². The molecular formula is C27H30N6OS. The van der Waals surface area contributed by atoms with Crippen LogP contribution in [-0.4, -0.2) is 54.7 Å². The van der Waals surface area contributed by atoms with E-state index in [4.69, 9.17) is 14.8 Å². The highest BCUT2D eigenvalue weighted by molar-refractivity contribution is 7.17. The largest absolute Gasteiger partial charge is 0.370 e. The first-order chi connectivity index (χ1) is 17.2. The molecule has 35 heavy (non-hydrogen) atoms. The van der Waals surface area contributed by atoms with Gasteiger partial charge in [-0.2, -0.15) is 4.98 Å². The van der Waals surface area contributed by atoms with Crippen molar-refractivity contribution in [2.24, 2.45) is 0 Å². The van der Waals surface area contributed by atoms with E-state index in [1.807, 2.05) is 17.2 Å². The highest BCUT2D eigenvalue weighted by Gasteiger charge is 2.31. The van der Waals surface area contributed by atoms with E-state index in [9.17, 15) is 0 Å². The number of thiophene rings is 1. The first-order valence-corrected chi connectivity index (χ1v) is 13.0. The Bertz CT molecular complexity index is 1310. The van der Waals surface area contributed by atoms with Crippen LogP contribution < -0.4 is 15.3 Å². The number of benzene rings is 2. The van der Waals surface area contributed by atoms with Crippen molar-refractivity contribution in [3.05, 3.63) is 71.6 Å². The summed E-state index contributed by atoms with van der Waals surface area (Å²) in [7, 11) is 4.32. The van der Waals surface area contributed by atoms with Crippen molar-refractivity contribution in [1.82, 2.24) is 14.9 Å². The summed E-state index contributed by atoms with van der Waals surface area (Å²) in [6.45, 7) is 2.79. The fourth-order valence-electron chi connectivity index (χ4n) is 5.02. The van der Waals surface area contributed by atoms with Crippen molar-refractivity contribution in [2.45, 2.75) is 24.9 Å². The summed E-state index contributed by atoms with van der Waals surface area (Å²) >= 11 is 1.65. The fourth-order valence-corrected chi connectivity index (χ4v) is 5.82. The maximum atomic E-state index is 6.12. The molecule has 1 N–H and O–H groups in total.